The molecule has 0 unspecified atom stereocenters. The number of primary sulfonamides is 1. The molecule has 96 valence electrons. The van der Waals surface area contributed by atoms with Crippen molar-refractivity contribution in [1.29, 1.82) is 0 Å². The van der Waals surface area contributed by atoms with E-state index in [4.69, 9.17) is 15.6 Å². The maximum atomic E-state index is 11.8. The van der Waals surface area contributed by atoms with Crippen molar-refractivity contribution in [3.8, 4) is 5.75 Å². The Hall–Kier alpha value is -1.32. The number of methoxy groups -OCH3 is 1. The summed E-state index contributed by atoms with van der Waals surface area (Å²) in [5.41, 5.74) is 5.62. The van der Waals surface area contributed by atoms with E-state index in [0.717, 1.165) is 6.07 Å². The number of sulfone groups is 1. The lowest BCUT2D eigenvalue weighted by Gasteiger charge is -2.09. The van der Waals surface area contributed by atoms with Crippen molar-refractivity contribution < 1.29 is 21.6 Å². The molecular weight excluding hydrogens is 268 g/mol. The lowest BCUT2D eigenvalue weighted by Crippen LogP contribution is -2.23. The molecule has 17 heavy (non-hydrogen) atoms. The van der Waals surface area contributed by atoms with Crippen molar-refractivity contribution in [1.82, 2.24) is 0 Å². The molecule has 0 amide bonds. The monoisotopic (exact) mass is 280 g/mol. The summed E-state index contributed by atoms with van der Waals surface area (Å²) in [4.78, 5) is -0.297. The summed E-state index contributed by atoms with van der Waals surface area (Å²) < 4.78 is 50.1. The highest BCUT2D eigenvalue weighted by Crippen LogP contribution is 2.27. The number of rotatable bonds is 4. The Bertz CT molecular complexity index is 621. The van der Waals surface area contributed by atoms with Gasteiger partial charge in [0.2, 0.25) is 10.0 Å². The molecule has 0 spiro atoms. The zero-order valence-electron chi connectivity index (χ0n) is 8.95. The Morgan fingerprint density at radius 3 is 2.29 bits per heavy atom. The van der Waals surface area contributed by atoms with E-state index in [0.29, 0.717) is 0 Å². The highest BCUT2D eigenvalue weighted by molar-refractivity contribution is 8.07. The first-order valence-corrected chi connectivity index (χ1v) is 7.69. The average molecular weight is 280 g/mol. The number of nitrogen functional groups attached to an aromatic ring is 1. The van der Waals surface area contributed by atoms with E-state index in [9.17, 15) is 16.8 Å². The lowest BCUT2D eigenvalue weighted by atomic mass is 10.3. The molecule has 4 N–H and O–H groups in total. The largest absolute Gasteiger partial charge is 0.495 e. The molecule has 0 radical (unpaired) electrons. The molecular formula is C8H12N2O5S2. The molecule has 1 aromatic rings. The van der Waals surface area contributed by atoms with Crippen molar-refractivity contribution >= 4 is 25.5 Å². The second-order valence-corrected chi connectivity index (χ2v) is 7.24. The van der Waals surface area contributed by atoms with Crippen LogP contribution in [0, 0.1) is 0 Å². The number of anilines is 1. The lowest BCUT2D eigenvalue weighted by molar-refractivity contribution is 0.403. The summed E-state index contributed by atoms with van der Waals surface area (Å²) in [5.74, 6) is 0.0165. The summed E-state index contributed by atoms with van der Waals surface area (Å²) in [6, 6.07) is 3.90. The number of hydrogen-bond acceptors (Lipinski definition) is 6. The number of ether oxygens (including phenoxy) is 1. The van der Waals surface area contributed by atoms with Crippen LogP contribution in [-0.4, -0.2) is 29.0 Å². The zero-order valence-corrected chi connectivity index (χ0v) is 10.6. The van der Waals surface area contributed by atoms with Gasteiger partial charge in [-0.3, -0.25) is 0 Å². The van der Waals surface area contributed by atoms with Gasteiger partial charge in [0.05, 0.1) is 7.11 Å². The van der Waals surface area contributed by atoms with E-state index in [1.807, 2.05) is 0 Å². The van der Waals surface area contributed by atoms with E-state index in [1.54, 1.807) is 0 Å². The van der Waals surface area contributed by atoms with Gasteiger partial charge in [-0.25, -0.2) is 22.0 Å². The Kier molecular flexibility index (Phi) is 3.65. The van der Waals surface area contributed by atoms with Gasteiger partial charge < -0.3 is 10.5 Å². The van der Waals surface area contributed by atoms with Crippen LogP contribution in [-0.2, 0) is 19.9 Å². The minimum absolute atomic E-state index is 0.0165. The van der Waals surface area contributed by atoms with Gasteiger partial charge in [0.1, 0.15) is 10.6 Å². The van der Waals surface area contributed by atoms with Crippen LogP contribution in [0.2, 0.25) is 0 Å². The van der Waals surface area contributed by atoms with E-state index in [2.05, 4.69) is 0 Å². The van der Waals surface area contributed by atoms with Crippen LogP contribution in [0.4, 0.5) is 5.69 Å². The van der Waals surface area contributed by atoms with Crippen molar-refractivity contribution in [3.05, 3.63) is 18.2 Å². The highest BCUT2D eigenvalue weighted by Gasteiger charge is 2.25. The smallest absolute Gasteiger partial charge is 0.223 e. The van der Waals surface area contributed by atoms with Gasteiger partial charge >= 0.3 is 0 Å². The Morgan fingerprint density at radius 1 is 1.24 bits per heavy atom. The molecule has 7 nitrogen and oxygen atoms in total. The molecule has 0 atom stereocenters. The van der Waals surface area contributed by atoms with Gasteiger partial charge in [-0.2, -0.15) is 0 Å². The van der Waals surface area contributed by atoms with Crippen LogP contribution in [0.15, 0.2) is 23.1 Å². The number of sulfonamides is 1. The predicted octanol–water partition coefficient (Wildman–Crippen LogP) is -0.703. The van der Waals surface area contributed by atoms with Gasteiger partial charge in [0, 0.05) is 5.69 Å². The zero-order chi connectivity index (χ0) is 13.3. The summed E-state index contributed by atoms with van der Waals surface area (Å²) in [6.45, 7) is 0. The third-order valence-electron chi connectivity index (χ3n) is 1.84. The minimum Gasteiger partial charge on any atom is -0.495 e. The minimum atomic E-state index is -4.15. The van der Waals surface area contributed by atoms with E-state index < -0.39 is 24.9 Å². The maximum absolute atomic E-state index is 11.8. The number of benzene rings is 1. The Balaban J connectivity index is 3.37. The average Bonchev–Trinajstić information content (AvgIpc) is 2.14. The highest BCUT2D eigenvalue weighted by atomic mass is 32.3. The normalized spacial score (nSPS) is 12.4. The molecule has 0 aliphatic heterocycles. The molecule has 9 heteroatoms. The summed E-state index contributed by atoms with van der Waals surface area (Å²) in [6.07, 6.45) is 0. The first-order valence-electron chi connectivity index (χ1n) is 4.32. The molecule has 0 heterocycles. The summed E-state index contributed by atoms with van der Waals surface area (Å²) >= 11 is 0. The summed E-state index contributed by atoms with van der Waals surface area (Å²) in [5, 5.41) is 3.51. The third-order valence-corrected chi connectivity index (χ3v) is 5.39. The van der Waals surface area contributed by atoms with Crippen molar-refractivity contribution in [3.63, 3.8) is 0 Å². The van der Waals surface area contributed by atoms with Crippen LogP contribution in [0.1, 0.15) is 0 Å². The fraction of sp³-hybridized carbons (Fsp3) is 0.250. The predicted molar refractivity (Wildman–Crippen MR) is 62.6 cm³/mol. The van der Waals surface area contributed by atoms with Gasteiger partial charge in [0.15, 0.2) is 14.9 Å². The standard InChI is InChI=1S/C8H12N2O5S2/c1-15-7-3-2-6(9)4-8(7)16(11,12)5-17(10,13)14/h2-4H,5,9H2,1H3,(H2,10,13,14). The van der Waals surface area contributed by atoms with Gasteiger partial charge in [-0.15, -0.1) is 0 Å². The van der Waals surface area contributed by atoms with Crippen LogP contribution in [0.25, 0.3) is 0 Å². The second kappa shape index (κ2) is 4.51. The first kappa shape index (κ1) is 13.7. The fourth-order valence-corrected chi connectivity index (χ4v) is 4.23. The fourth-order valence-electron chi connectivity index (χ4n) is 1.22. The Labute approximate surface area is 99.3 Å². The van der Waals surface area contributed by atoms with Gasteiger partial charge in [-0.1, -0.05) is 0 Å². The maximum Gasteiger partial charge on any atom is 0.223 e. The molecule has 0 saturated carbocycles. The first-order chi connectivity index (χ1) is 7.65. The summed E-state index contributed by atoms with van der Waals surface area (Å²) in [7, 11) is -6.99. The second-order valence-electron chi connectivity index (χ2n) is 3.31. The molecule has 1 aromatic carbocycles. The van der Waals surface area contributed by atoms with Crippen LogP contribution >= 0.6 is 0 Å². The Morgan fingerprint density at radius 2 is 1.82 bits per heavy atom. The van der Waals surface area contributed by atoms with Gasteiger partial charge in [-0.05, 0) is 18.2 Å². The topological polar surface area (TPSA) is 130 Å². The molecule has 0 fully saturated rings. The van der Waals surface area contributed by atoms with Crippen molar-refractivity contribution in [2.75, 3.05) is 17.9 Å². The van der Waals surface area contributed by atoms with Crippen molar-refractivity contribution in [2.24, 2.45) is 5.14 Å². The number of nitrogens with two attached hydrogens (primary N) is 2. The van der Waals surface area contributed by atoms with E-state index >= 15 is 0 Å². The van der Waals surface area contributed by atoms with Crippen LogP contribution in [0.3, 0.4) is 0 Å². The van der Waals surface area contributed by atoms with E-state index in [-0.39, 0.29) is 16.3 Å². The van der Waals surface area contributed by atoms with E-state index in [1.165, 1.54) is 19.2 Å². The third kappa shape index (κ3) is 3.58. The molecule has 1 rings (SSSR count). The number of hydrogen-bond donors (Lipinski definition) is 2. The molecule has 0 aliphatic carbocycles. The molecule has 0 bridgehead atoms. The van der Waals surface area contributed by atoms with Crippen LogP contribution in [0.5, 0.6) is 5.75 Å². The quantitative estimate of drug-likeness (QED) is 0.701. The van der Waals surface area contributed by atoms with Crippen molar-refractivity contribution in [2.45, 2.75) is 4.90 Å². The van der Waals surface area contributed by atoms with Crippen LogP contribution < -0.4 is 15.6 Å². The van der Waals surface area contributed by atoms with Gasteiger partial charge in [0.25, 0.3) is 0 Å². The molecule has 0 saturated heterocycles. The SMILES string of the molecule is COc1ccc(N)cc1S(=O)(=O)CS(N)(=O)=O. The molecule has 0 aromatic heterocycles. The molecule has 0 aliphatic rings.